The van der Waals surface area contributed by atoms with E-state index in [-0.39, 0.29) is 5.92 Å². The van der Waals surface area contributed by atoms with Crippen LogP contribution in [-0.2, 0) is 0 Å². The van der Waals surface area contributed by atoms with Gasteiger partial charge in [0.15, 0.2) is 0 Å². The van der Waals surface area contributed by atoms with Crippen molar-refractivity contribution in [3.8, 4) is 23.7 Å². The zero-order chi connectivity index (χ0) is 16.6. The summed E-state index contributed by atoms with van der Waals surface area (Å²) in [6.07, 6.45) is 0. The Morgan fingerprint density at radius 1 is 0.583 bits per heavy atom. The van der Waals surface area contributed by atoms with Gasteiger partial charge >= 0.3 is 0 Å². The molecule has 0 N–H and O–H groups in total. The van der Waals surface area contributed by atoms with E-state index in [1.807, 2.05) is 72.8 Å². The molecule has 3 rings (SSSR count). The molecule has 1 heteroatoms. The molecular weight excluding hydrogens is 356 g/mol. The van der Waals surface area contributed by atoms with E-state index in [4.69, 9.17) is 0 Å². The van der Waals surface area contributed by atoms with Crippen LogP contribution in [0.5, 0.6) is 0 Å². The van der Waals surface area contributed by atoms with Gasteiger partial charge in [-0.15, -0.1) is 0 Å². The number of benzene rings is 3. The molecule has 0 fully saturated rings. The van der Waals surface area contributed by atoms with Gasteiger partial charge in [-0.05, 0) is 42.0 Å². The van der Waals surface area contributed by atoms with Gasteiger partial charge in [-0.2, -0.15) is 0 Å². The topological polar surface area (TPSA) is 0 Å². The molecule has 0 nitrogen and oxygen atoms in total. The van der Waals surface area contributed by atoms with Crippen molar-refractivity contribution in [3.05, 3.63) is 106 Å². The fourth-order valence-corrected chi connectivity index (χ4v) is 2.48. The van der Waals surface area contributed by atoms with E-state index >= 15 is 0 Å². The zero-order valence-corrected chi connectivity index (χ0v) is 14.6. The first-order chi connectivity index (χ1) is 11.8. The van der Waals surface area contributed by atoms with Gasteiger partial charge in [0.25, 0.3) is 0 Å². The molecule has 1 unspecified atom stereocenters. The molecule has 0 saturated carbocycles. The van der Waals surface area contributed by atoms with Crippen molar-refractivity contribution in [3.63, 3.8) is 0 Å². The maximum Gasteiger partial charge on any atom is 0.107 e. The van der Waals surface area contributed by atoms with Crippen molar-refractivity contribution in [1.82, 2.24) is 0 Å². The van der Waals surface area contributed by atoms with Gasteiger partial charge < -0.3 is 0 Å². The Hall–Kier alpha value is -2.74. The molecule has 0 aliphatic carbocycles. The minimum Gasteiger partial charge on any atom is -0.0764 e. The molecule has 0 spiro atoms. The number of hydrogen-bond donors (Lipinski definition) is 0. The molecule has 1 atom stereocenters. The molecule has 3 aromatic carbocycles. The molecule has 0 aliphatic heterocycles. The monoisotopic (exact) mass is 370 g/mol. The van der Waals surface area contributed by atoms with E-state index in [0.717, 1.165) is 21.2 Å². The maximum absolute atomic E-state index is 3.44. The first-order valence-electron chi connectivity index (χ1n) is 7.70. The number of halogens is 1. The third-order valence-corrected chi connectivity index (χ3v) is 4.00. The predicted octanol–water partition coefficient (Wildman–Crippen LogP) is 5.64. The maximum atomic E-state index is 3.44. The number of rotatable bonds is 1. The Balaban J connectivity index is 1.92. The summed E-state index contributed by atoms with van der Waals surface area (Å²) in [4.78, 5) is 0. The van der Waals surface area contributed by atoms with E-state index < -0.39 is 0 Å². The van der Waals surface area contributed by atoms with Crippen LogP contribution in [0.4, 0.5) is 0 Å². The summed E-state index contributed by atoms with van der Waals surface area (Å²) in [6.45, 7) is 0. The molecule has 0 aliphatic rings. The van der Waals surface area contributed by atoms with Crippen LogP contribution in [0.2, 0.25) is 0 Å². The van der Waals surface area contributed by atoms with Crippen molar-refractivity contribution in [2.45, 2.75) is 5.92 Å². The van der Waals surface area contributed by atoms with Crippen molar-refractivity contribution < 1.29 is 0 Å². The fourth-order valence-electron chi connectivity index (χ4n) is 2.21. The first-order valence-corrected chi connectivity index (χ1v) is 8.49. The van der Waals surface area contributed by atoms with Gasteiger partial charge in [0.05, 0.1) is 0 Å². The van der Waals surface area contributed by atoms with Crippen LogP contribution in [0.25, 0.3) is 0 Å². The van der Waals surface area contributed by atoms with Gasteiger partial charge in [0.1, 0.15) is 5.92 Å². The van der Waals surface area contributed by atoms with Crippen molar-refractivity contribution in [2.24, 2.45) is 0 Å². The summed E-state index contributed by atoms with van der Waals surface area (Å²) < 4.78 is 1.05. The second kappa shape index (κ2) is 8.21. The molecule has 0 heterocycles. The molecule has 3 aromatic rings. The summed E-state index contributed by atoms with van der Waals surface area (Å²) in [5.74, 6) is 13.0. The highest BCUT2D eigenvalue weighted by Crippen LogP contribution is 2.15. The fraction of sp³-hybridized carbons (Fsp3) is 0.0435. The molecule has 0 amide bonds. The lowest BCUT2D eigenvalue weighted by atomic mass is 9.99. The van der Waals surface area contributed by atoms with Crippen molar-refractivity contribution in [2.75, 3.05) is 0 Å². The minimum absolute atomic E-state index is 0.116. The quantitative estimate of drug-likeness (QED) is 0.486. The van der Waals surface area contributed by atoms with E-state index in [9.17, 15) is 0 Å². The predicted molar refractivity (Wildman–Crippen MR) is 104 cm³/mol. The molecule has 24 heavy (non-hydrogen) atoms. The van der Waals surface area contributed by atoms with E-state index in [1.54, 1.807) is 0 Å². The van der Waals surface area contributed by atoms with Crippen LogP contribution in [0.1, 0.15) is 22.6 Å². The average Bonchev–Trinajstić information content (AvgIpc) is 2.65. The summed E-state index contributed by atoms with van der Waals surface area (Å²) in [5.41, 5.74) is 3.11. The second-order valence-electron chi connectivity index (χ2n) is 5.26. The zero-order valence-electron chi connectivity index (χ0n) is 13.0. The second-order valence-corrected chi connectivity index (χ2v) is 6.17. The third-order valence-electron chi connectivity index (χ3n) is 3.47. The minimum atomic E-state index is -0.116. The van der Waals surface area contributed by atoms with Gasteiger partial charge in [0.2, 0.25) is 0 Å². The number of hydrogen-bond acceptors (Lipinski definition) is 0. The molecular formula is C23H15Br. The molecule has 0 saturated heterocycles. The van der Waals surface area contributed by atoms with Crippen LogP contribution < -0.4 is 0 Å². The summed E-state index contributed by atoms with van der Waals surface area (Å²) in [5, 5.41) is 0. The highest BCUT2D eigenvalue weighted by atomic mass is 79.9. The highest BCUT2D eigenvalue weighted by Gasteiger charge is 2.03. The van der Waals surface area contributed by atoms with Crippen LogP contribution in [0.15, 0.2) is 89.4 Å². The standard InChI is InChI=1S/C23H15Br/c24-23-17-13-20(14-18-23)12-16-22(21-9-5-2-6-10-21)15-11-19-7-3-1-4-8-19/h1-10,13-14,17-18,22H. The van der Waals surface area contributed by atoms with E-state index in [2.05, 4.69) is 51.7 Å². The molecule has 0 bridgehead atoms. The summed E-state index contributed by atoms with van der Waals surface area (Å²) in [6, 6.07) is 28.2. The SMILES string of the molecule is Brc1ccc(C#CC(C#Cc2ccccc2)c2ccccc2)cc1. The Morgan fingerprint density at radius 3 is 1.67 bits per heavy atom. The Morgan fingerprint density at radius 2 is 1.08 bits per heavy atom. The highest BCUT2D eigenvalue weighted by molar-refractivity contribution is 9.10. The van der Waals surface area contributed by atoms with Crippen LogP contribution in [0, 0.1) is 23.7 Å². The van der Waals surface area contributed by atoms with Crippen molar-refractivity contribution in [1.29, 1.82) is 0 Å². The van der Waals surface area contributed by atoms with Crippen molar-refractivity contribution >= 4 is 15.9 Å². The third kappa shape index (κ3) is 4.63. The lowest BCUT2D eigenvalue weighted by Gasteiger charge is -2.03. The van der Waals surface area contributed by atoms with E-state index in [0.29, 0.717) is 0 Å². The smallest absolute Gasteiger partial charge is 0.0764 e. The Labute approximate surface area is 151 Å². The van der Waals surface area contributed by atoms with Gasteiger partial charge in [-0.1, -0.05) is 88.1 Å². The van der Waals surface area contributed by atoms with Crippen LogP contribution >= 0.6 is 15.9 Å². The lowest BCUT2D eigenvalue weighted by Crippen LogP contribution is -1.92. The Bertz CT molecular complexity index is 902. The van der Waals surface area contributed by atoms with Gasteiger partial charge in [-0.25, -0.2) is 0 Å². The first kappa shape index (κ1) is 16.1. The van der Waals surface area contributed by atoms with Crippen LogP contribution in [-0.4, -0.2) is 0 Å². The molecule has 0 radical (unpaired) electrons. The normalized spacial score (nSPS) is 10.7. The molecule has 0 aromatic heterocycles. The van der Waals surface area contributed by atoms with Gasteiger partial charge in [-0.3, -0.25) is 0 Å². The largest absolute Gasteiger partial charge is 0.107 e. The molecule has 114 valence electrons. The Kier molecular flexibility index (Phi) is 5.52. The lowest BCUT2D eigenvalue weighted by molar-refractivity contribution is 1.17. The van der Waals surface area contributed by atoms with Gasteiger partial charge in [0, 0.05) is 15.6 Å². The average molecular weight is 371 g/mol. The van der Waals surface area contributed by atoms with Crippen LogP contribution in [0.3, 0.4) is 0 Å². The summed E-state index contributed by atoms with van der Waals surface area (Å²) in [7, 11) is 0. The summed E-state index contributed by atoms with van der Waals surface area (Å²) >= 11 is 3.44. The van der Waals surface area contributed by atoms with E-state index in [1.165, 1.54) is 0 Å².